The number of ether oxygens (including phenoxy) is 1. The lowest BCUT2D eigenvalue weighted by molar-refractivity contribution is -0.179. The van der Waals surface area contributed by atoms with Crippen LogP contribution in [-0.4, -0.2) is 53.4 Å². The van der Waals surface area contributed by atoms with E-state index in [0.717, 1.165) is 16.7 Å². The molecule has 0 spiro atoms. The highest BCUT2D eigenvalue weighted by atomic mass is 19.4. The topological polar surface area (TPSA) is 54.4 Å². The van der Waals surface area contributed by atoms with Crippen LogP contribution in [0.15, 0.2) is 48.8 Å². The van der Waals surface area contributed by atoms with Crippen molar-refractivity contribution in [1.29, 1.82) is 0 Å². The maximum atomic E-state index is 13.0. The predicted octanol–water partition coefficient (Wildman–Crippen LogP) is 4.07. The third-order valence-corrected chi connectivity index (χ3v) is 5.94. The SMILES string of the molecule is FC(F)(F)C1CCN(c2nccnc2OC2CN(c3ccc4ccccc4n3)C2)CC1. The lowest BCUT2D eigenvalue weighted by atomic mass is 9.96. The number of halogens is 3. The first kappa shape index (κ1) is 19.8. The quantitative estimate of drug-likeness (QED) is 0.623. The molecule has 9 heteroatoms. The largest absolute Gasteiger partial charge is 0.468 e. The fourth-order valence-corrected chi connectivity index (χ4v) is 4.13. The zero-order valence-corrected chi connectivity index (χ0v) is 16.8. The Labute approximate surface area is 177 Å². The molecule has 0 radical (unpaired) electrons. The van der Waals surface area contributed by atoms with Crippen molar-refractivity contribution in [2.45, 2.75) is 25.1 Å². The lowest BCUT2D eigenvalue weighted by Gasteiger charge is -2.40. The Bertz CT molecular complexity index is 1060. The first-order chi connectivity index (χ1) is 15.0. The van der Waals surface area contributed by atoms with Crippen LogP contribution >= 0.6 is 0 Å². The van der Waals surface area contributed by atoms with Gasteiger partial charge < -0.3 is 14.5 Å². The number of rotatable bonds is 4. The van der Waals surface area contributed by atoms with E-state index in [1.807, 2.05) is 35.2 Å². The molecule has 2 fully saturated rings. The smallest absolute Gasteiger partial charge is 0.391 e. The molecule has 2 aliphatic rings. The van der Waals surface area contributed by atoms with Gasteiger partial charge in [0.15, 0.2) is 5.82 Å². The minimum Gasteiger partial charge on any atom is -0.468 e. The van der Waals surface area contributed by atoms with Gasteiger partial charge in [-0.3, -0.25) is 0 Å². The number of fused-ring (bicyclic) bond motifs is 1. The van der Waals surface area contributed by atoms with Crippen LogP contribution in [0.5, 0.6) is 5.88 Å². The summed E-state index contributed by atoms with van der Waals surface area (Å²) < 4.78 is 44.9. The Morgan fingerprint density at radius 3 is 2.42 bits per heavy atom. The number of hydrogen-bond acceptors (Lipinski definition) is 6. The fourth-order valence-electron chi connectivity index (χ4n) is 4.13. The highest BCUT2D eigenvalue weighted by Crippen LogP contribution is 2.37. The zero-order chi connectivity index (χ0) is 21.4. The van der Waals surface area contributed by atoms with E-state index < -0.39 is 12.1 Å². The molecule has 5 rings (SSSR count). The Hall–Kier alpha value is -3.10. The standard InChI is InChI=1S/C22H22F3N5O/c23-22(24,25)16-7-11-29(12-8-16)20-21(27-10-9-26-20)31-17-13-30(14-17)19-6-5-15-3-1-2-4-18(15)28-19/h1-6,9-10,16-17H,7-8,11-14H2. The van der Waals surface area contributed by atoms with Crippen molar-refractivity contribution in [3.63, 3.8) is 0 Å². The number of pyridine rings is 1. The molecule has 2 aliphatic heterocycles. The van der Waals surface area contributed by atoms with Gasteiger partial charge in [0.25, 0.3) is 5.88 Å². The van der Waals surface area contributed by atoms with Crippen molar-refractivity contribution in [3.05, 3.63) is 48.8 Å². The molecule has 0 aliphatic carbocycles. The van der Waals surface area contributed by atoms with Crippen molar-refractivity contribution >= 4 is 22.5 Å². The first-order valence-electron chi connectivity index (χ1n) is 10.4. The van der Waals surface area contributed by atoms with Gasteiger partial charge >= 0.3 is 6.18 Å². The monoisotopic (exact) mass is 429 g/mol. The summed E-state index contributed by atoms with van der Waals surface area (Å²) in [7, 11) is 0. The van der Waals surface area contributed by atoms with Gasteiger partial charge in [0.05, 0.1) is 24.5 Å². The van der Waals surface area contributed by atoms with E-state index in [2.05, 4.69) is 20.9 Å². The number of aromatic nitrogens is 3. The number of alkyl halides is 3. The molecule has 0 amide bonds. The summed E-state index contributed by atoms with van der Waals surface area (Å²) in [6.07, 6.45) is -1.00. The molecule has 1 aromatic carbocycles. The van der Waals surface area contributed by atoms with E-state index in [9.17, 15) is 13.2 Å². The molecule has 0 atom stereocenters. The molecule has 0 N–H and O–H groups in total. The van der Waals surface area contributed by atoms with Crippen molar-refractivity contribution in [1.82, 2.24) is 15.0 Å². The molecule has 0 bridgehead atoms. The number of piperidine rings is 1. The summed E-state index contributed by atoms with van der Waals surface area (Å²) in [4.78, 5) is 17.3. The average Bonchev–Trinajstić information content (AvgIpc) is 2.75. The van der Waals surface area contributed by atoms with Crippen molar-refractivity contribution in [2.24, 2.45) is 5.92 Å². The molecule has 2 saturated heterocycles. The Kier molecular flexibility index (Phi) is 5.03. The molecule has 162 valence electrons. The van der Waals surface area contributed by atoms with E-state index in [-0.39, 0.29) is 32.0 Å². The van der Waals surface area contributed by atoms with Gasteiger partial charge in [0.1, 0.15) is 11.9 Å². The number of benzene rings is 1. The molecular weight excluding hydrogens is 407 g/mol. The van der Waals surface area contributed by atoms with Crippen LogP contribution in [0.3, 0.4) is 0 Å². The molecule has 0 unspecified atom stereocenters. The minimum absolute atomic E-state index is 0.0599. The maximum Gasteiger partial charge on any atom is 0.391 e. The van der Waals surface area contributed by atoms with Crippen LogP contribution in [0.25, 0.3) is 10.9 Å². The van der Waals surface area contributed by atoms with Gasteiger partial charge in [0.2, 0.25) is 0 Å². The van der Waals surface area contributed by atoms with Gasteiger partial charge in [0, 0.05) is 30.9 Å². The normalized spacial score (nSPS) is 18.3. The predicted molar refractivity (Wildman–Crippen MR) is 111 cm³/mol. The molecule has 2 aromatic heterocycles. The van der Waals surface area contributed by atoms with E-state index >= 15 is 0 Å². The first-order valence-corrected chi connectivity index (χ1v) is 10.4. The highest BCUT2D eigenvalue weighted by Gasteiger charge is 2.41. The number of nitrogens with zero attached hydrogens (tertiary/aromatic N) is 5. The number of para-hydroxylation sites is 1. The summed E-state index contributed by atoms with van der Waals surface area (Å²) in [6.45, 7) is 1.91. The van der Waals surface area contributed by atoms with Crippen LogP contribution < -0.4 is 14.5 Å². The molecule has 4 heterocycles. The van der Waals surface area contributed by atoms with Gasteiger partial charge in [-0.1, -0.05) is 18.2 Å². The summed E-state index contributed by atoms with van der Waals surface area (Å²) in [5.41, 5.74) is 0.947. The van der Waals surface area contributed by atoms with Gasteiger partial charge in [-0.15, -0.1) is 0 Å². The molecule has 3 aromatic rings. The molecule has 31 heavy (non-hydrogen) atoms. The highest BCUT2D eigenvalue weighted by molar-refractivity contribution is 5.80. The third kappa shape index (κ3) is 4.08. The lowest BCUT2D eigenvalue weighted by Crippen LogP contribution is -2.54. The van der Waals surface area contributed by atoms with Crippen LogP contribution in [0.2, 0.25) is 0 Å². The maximum absolute atomic E-state index is 13.0. The second-order valence-corrected chi connectivity index (χ2v) is 8.00. The Morgan fingerprint density at radius 1 is 0.903 bits per heavy atom. The zero-order valence-electron chi connectivity index (χ0n) is 16.8. The minimum atomic E-state index is -4.14. The number of hydrogen-bond donors (Lipinski definition) is 0. The third-order valence-electron chi connectivity index (χ3n) is 5.94. The van der Waals surface area contributed by atoms with Gasteiger partial charge in [-0.2, -0.15) is 13.2 Å². The summed E-state index contributed by atoms with van der Waals surface area (Å²) in [6, 6.07) is 12.0. The van der Waals surface area contributed by atoms with Crippen LogP contribution in [0.4, 0.5) is 24.8 Å². The average molecular weight is 429 g/mol. The number of anilines is 2. The van der Waals surface area contributed by atoms with Crippen LogP contribution in [0.1, 0.15) is 12.8 Å². The Morgan fingerprint density at radius 2 is 1.65 bits per heavy atom. The molecule has 6 nitrogen and oxygen atoms in total. The van der Waals surface area contributed by atoms with E-state index in [1.165, 1.54) is 0 Å². The second-order valence-electron chi connectivity index (χ2n) is 8.00. The van der Waals surface area contributed by atoms with Crippen molar-refractivity contribution in [2.75, 3.05) is 36.0 Å². The summed E-state index contributed by atoms with van der Waals surface area (Å²) >= 11 is 0. The summed E-state index contributed by atoms with van der Waals surface area (Å²) in [5, 5.41) is 1.10. The van der Waals surface area contributed by atoms with Gasteiger partial charge in [-0.25, -0.2) is 15.0 Å². The Balaban J connectivity index is 1.22. The summed E-state index contributed by atoms with van der Waals surface area (Å²) in [5.74, 6) is 0.543. The molecule has 0 saturated carbocycles. The van der Waals surface area contributed by atoms with E-state index in [4.69, 9.17) is 9.72 Å². The molecular formula is C22H22F3N5O. The fraction of sp³-hybridized carbons (Fsp3) is 0.409. The van der Waals surface area contributed by atoms with E-state index in [1.54, 1.807) is 12.4 Å². The van der Waals surface area contributed by atoms with Crippen LogP contribution in [-0.2, 0) is 0 Å². The van der Waals surface area contributed by atoms with Crippen molar-refractivity contribution in [3.8, 4) is 5.88 Å². The second kappa shape index (κ2) is 7.86. The van der Waals surface area contributed by atoms with E-state index in [0.29, 0.717) is 24.8 Å². The van der Waals surface area contributed by atoms with Crippen LogP contribution in [0, 0.1) is 5.92 Å². The van der Waals surface area contributed by atoms with Crippen molar-refractivity contribution < 1.29 is 17.9 Å². The van der Waals surface area contributed by atoms with Gasteiger partial charge in [-0.05, 0) is 31.0 Å².